The minimum Gasteiger partial charge on any atom is -0.311 e. The first-order chi connectivity index (χ1) is 8.08. The molecule has 1 nitrogen and oxygen atoms in total. The van der Waals surface area contributed by atoms with Crippen molar-refractivity contribution in [2.45, 2.75) is 85.2 Å². The molecule has 1 N–H and O–H groups in total. The minimum absolute atomic E-state index is 0.748. The Kier molecular flexibility index (Phi) is 6.54. The fraction of sp³-hybridized carbons (Fsp3) is 1.00. The topological polar surface area (TPSA) is 12.0 Å². The minimum atomic E-state index is 0.748. The average Bonchev–Trinajstić information content (AvgIpc) is 2.30. The van der Waals surface area contributed by atoms with Gasteiger partial charge in [0.2, 0.25) is 0 Å². The number of rotatable bonds is 6. The molecule has 4 unspecified atom stereocenters. The van der Waals surface area contributed by atoms with Gasteiger partial charge in [-0.3, -0.25) is 0 Å². The van der Waals surface area contributed by atoms with Crippen molar-refractivity contribution in [1.82, 2.24) is 5.32 Å². The van der Waals surface area contributed by atoms with E-state index in [1.165, 1.54) is 38.5 Å². The predicted octanol–water partition coefficient (Wildman–Crippen LogP) is 4.62. The van der Waals surface area contributed by atoms with Crippen LogP contribution in [-0.4, -0.2) is 12.1 Å². The van der Waals surface area contributed by atoms with Gasteiger partial charge in [0.05, 0.1) is 0 Å². The molecule has 0 amide bonds. The van der Waals surface area contributed by atoms with Gasteiger partial charge in [-0.25, -0.2) is 0 Å². The first-order valence-electron chi connectivity index (χ1n) is 7.84. The second-order valence-electron chi connectivity index (χ2n) is 6.46. The molecule has 0 spiro atoms. The third-order valence-corrected chi connectivity index (χ3v) is 4.76. The lowest BCUT2D eigenvalue weighted by molar-refractivity contribution is 0.167. The van der Waals surface area contributed by atoms with Crippen LogP contribution in [0.4, 0.5) is 0 Å². The van der Waals surface area contributed by atoms with Crippen molar-refractivity contribution < 1.29 is 0 Å². The van der Waals surface area contributed by atoms with Crippen molar-refractivity contribution in [2.24, 2.45) is 17.8 Å². The van der Waals surface area contributed by atoms with E-state index in [0.717, 1.165) is 29.8 Å². The van der Waals surface area contributed by atoms with Crippen molar-refractivity contribution in [1.29, 1.82) is 0 Å². The normalized spacial score (nSPS) is 31.8. The Morgan fingerprint density at radius 1 is 1.18 bits per heavy atom. The van der Waals surface area contributed by atoms with Crippen LogP contribution < -0.4 is 5.32 Å². The highest BCUT2D eigenvalue weighted by atomic mass is 15.0. The highest BCUT2D eigenvalue weighted by molar-refractivity contribution is 4.86. The molecular weight excluding hydrogens is 206 g/mol. The maximum atomic E-state index is 3.94. The zero-order chi connectivity index (χ0) is 12.8. The van der Waals surface area contributed by atoms with Crippen LogP contribution in [0.3, 0.4) is 0 Å². The molecule has 0 aromatic rings. The summed E-state index contributed by atoms with van der Waals surface area (Å²) in [5, 5.41) is 3.94. The zero-order valence-corrected chi connectivity index (χ0v) is 12.6. The van der Waals surface area contributed by atoms with Gasteiger partial charge in [-0.15, -0.1) is 0 Å². The third kappa shape index (κ3) is 4.62. The van der Waals surface area contributed by atoms with E-state index in [2.05, 4.69) is 39.9 Å². The Morgan fingerprint density at radius 2 is 1.88 bits per heavy atom. The quantitative estimate of drug-likeness (QED) is 0.713. The van der Waals surface area contributed by atoms with Gasteiger partial charge in [-0.1, -0.05) is 41.0 Å². The van der Waals surface area contributed by atoms with E-state index in [1.54, 1.807) is 0 Å². The largest absolute Gasteiger partial charge is 0.311 e. The summed E-state index contributed by atoms with van der Waals surface area (Å²) in [5.41, 5.74) is 0. The van der Waals surface area contributed by atoms with Gasteiger partial charge in [-0.05, 0) is 49.9 Å². The molecular formula is C16H33N. The third-order valence-electron chi connectivity index (χ3n) is 4.76. The Bertz CT molecular complexity index is 200. The van der Waals surface area contributed by atoms with Crippen LogP contribution in [0, 0.1) is 17.8 Å². The summed E-state index contributed by atoms with van der Waals surface area (Å²) in [5.74, 6) is 2.68. The summed E-state index contributed by atoms with van der Waals surface area (Å²) in [6.07, 6.45) is 8.19. The maximum absolute atomic E-state index is 3.94. The van der Waals surface area contributed by atoms with Gasteiger partial charge in [-0.2, -0.15) is 0 Å². The molecule has 1 heteroatoms. The van der Waals surface area contributed by atoms with E-state index in [4.69, 9.17) is 0 Å². The summed E-state index contributed by atoms with van der Waals surface area (Å²) in [6.45, 7) is 11.8. The van der Waals surface area contributed by atoms with Crippen LogP contribution in [0.2, 0.25) is 0 Å². The lowest BCUT2D eigenvalue weighted by Gasteiger charge is -2.38. The highest BCUT2D eigenvalue weighted by Gasteiger charge is 2.29. The summed E-state index contributed by atoms with van der Waals surface area (Å²) in [7, 11) is 0. The van der Waals surface area contributed by atoms with E-state index in [0.29, 0.717) is 0 Å². The maximum Gasteiger partial charge on any atom is 0.00980 e. The monoisotopic (exact) mass is 239 g/mol. The second-order valence-corrected chi connectivity index (χ2v) is 6.46. The van der Waals surface area contributed by atoms with E-state index in [1.807, 2.05) is 0 Å². The lowest BCUT2D eigenvalue weighted by atomic mass is 9.74. The van der Waals surface area contributed by atoms with Crippen molar-refractivity contribution in [3.63, 3.8) is 0 Å². The molecule has 102 valence electrons. The van der Waals surface area contributed by atoms with Crippen LogP contribution >= 0.6 is 0 Å². The molecule has 4 atom stereocenters. The molecule has 0 aromatic carbocycles. The summed E-state index contributed by atoms with van der Waals surface area (Å²) in [4.78, 5) is 0. The van der Waals surface area contributed by atoms with E-state index in [-0.39, 0.29) is 0 Å². The van der Waals surface area contributed by atoms with Crippen LogP contribution in [0.15, 0.2) is 0 Å². The molecule has 17 heavy (non-hydrogen) atoms. The van der Waals surface area contributed by atoms with Crippen molar-refractivity contribution in [2.75, 3.05) is 0 Å². The second kappa shape index (κ2) is 7.41. The van der Waals surface area contributed by atoms with Crippen LogP contribution in [0.1, 0.15) is 73.1 Å². The lowest BCUT2D eigenvalue weighted by Crippen LogP contribution is -2.45. The van der Waals surface area contributed by atoms with E-state index >= 15 is 0 Å². The summed E-state index contributed by atoms with van der Waals surface area (Å²) < 4.78 is 0. The Hall–Kier alpha value is -0.0400. The predicted molar refractivity (Wildman–Crippen MR) is 77.3 cm³/mol. The average molecular weight is 239 g/mol. The molecule has 0 aliphatic heterocycles. The van der Waals surface area contributed by atoms with Crippen molar-refractivity contribution in [3.8, 4) is 0 Å². The molecule has 1 fully saturated rings. The Balaban J connectivity index is 2.48. The molecule has 0 aromatic heterocycles. The molecule has 1 aliphatic rings. The van der Waals surface area contributed by atoms with Crippen molar-refractivity contribution >= 4 is 0 Å². The van der Waals surface area contributed by atoms with Crippen molar-refractivity contribution in [3.05, 3.63) is 0 Å². The SMILES string of the molecule is CCCC(CC)NC1CC(C(C)C)CCC1C. The Morgan fingerprint density at radius 3 is 2.41 bits per heavy atom. The molecule has 1 saturated carbocycles. The summed E-state index contributed by atoms with van der Waals surface area (Å²) >= 11 is 0. The number of hydrogen-bond donors (Lipinski definition) is 1. The van der Waals surface area contributed by atoms with E-state index < -0.39 is 0 Å². The number of hydrogen-bond acceptors (Lipinski definition) is 1. The molecule has 0 saturated heterocycles. The first-order valence-corrected chi connectivity index (χ1v) is 7.84. The van der Waals surface area contributed by atoms with Crippen LogP contribution in [0.25, 0.3) is 0 Å². The molecule has 0 bridgehead atoms. The molecule has 0 radical (unpaired) electrons. The zero-order valence-electron chi connectivity index (χ0n) is 12.6. The molecule has 0 heterocycles. The van der Waals surface area contributed by atoms with Gasteiger partial charge in [0.25, 0.3) is 0 Å². The molecule has 1 rings (SSSR count). The standard InChI is InChI=1S/C16H33N/c1-6-8-15(7-2)17-16-11-14(12(3)4)10-9-13(16)5/h12-17H,6-11H2,1-5H3. The molecule has 1 aliphatic carbocycles. The smallest absolute Gasteiger partial charge is 0.00980 e. The highest BCUT2D eigenvalue weighted by Crippen LogP contribution is 2.33. The fourth-order valence-corrected chi connectivity index (χ4v) is 3.25. The van der Waals surface area contributed by atoms with Crippen LogP contribution in [-0.2, 0) is 0 Å². The van der Waals surface area contributed by atoms with Crippen LogP contribution in [0.5, 0.6) is 0 Å². The van der Waals surface area contributed by atoms with E-state index in [9.17, 15) is 0 Å². The van der Waals surface area contributed by atoms with Gasteiger partial charge < -0.3 is 5.32 Å². The number of nitrogens with one attached hydrogen (secondary N) is 1. The van der Waals surface area contributed by atoms with Gasteiger partial charge in [0.15, 0.2) is 0 Å². The van der Waals surface area contributed by atoms with Gasteiger partial charge in [0.1, 0.15) is 0 Å². The van der Waals surface area contributed by atoms with Gasteiger partial charge >= 0.3 is 0 Å². The first kappa shape index (κ1) is 15.0. The van der Waals surface area contributed by atoms with Gasteiger partial charge in [0, 0.05) is 12.1 Å². The summed E-state index contributed by atoms with van der Waals surface area (Å²) in [6, 6.07) is 1.52. The fourth-order valence-electron chi connectivity index (χ4n) is 3.25. The Labute approximate surface area is 109 Å².